The SMILES string of the molecule is Nc1ccc(-c2nc(N)c3nccn3c2-c2ccc3ncccc3c2)cn1. The first-order valence-electron chi connectivity index (χ1n) is 8.40. The van der Waals surface area contributed by atoms with E-state index in [4.69, 9.17) is 11.5 Å². The molecular formula is C20H15N7. The van der Waals surface area contributed by atoms with Gasteiger partial charge in [-0.1, -0.05) is 12.1 Å². The van der Waals surface area contributed by atoms with Crippen LogP contribution in [0.1, 0.15) is 0 Å². The Morgan fingerprint density at radius 1 is 0.852 bits per heavy atom. The molecule has 0 fully saturated rings. The van der Waals surface area contributed by atoms with Gasteiger partial charge in [0, 0.05) is 41.3 Å². The Labute approximate surface area is 154 Å². The lowest BCUT2D eigenvalue weighted by Gasteiger charge is -2.14. The number of pyridine rings is 2. The fraction of sp³-hybridized carbons (Fsp3) is 0. The highest BCUT2D eigenvalue weighted by molar-refractivity contribution is 5.89. The highest BCUT2D eigenvalue weighted by atomic mass is 15.1. The summed E-state index contributed by atoms with van der Waals surface area (Å²) in [6, 6.07) is 13.7. The molecule has 0 aliphatic rings. The summed E-state index contributed by atoms with van der Waals surface area (Å²) in [5.41, 5.74) is 16.9. The van der Waals surface area contributed by atoms with Crippen LogP contribution in [0, 0.1) is 0 Å². The van der Waals surface area contributed by atoms with Crippen LogP contribution in [0.4, 0.5) is 11.6 Å². The minimum Gasteiger partial charge on any atom is -0.384 e. The molecule has 4 aromatic heterocycles. The molecule has 0 atom stereocenters. The lowest BCUT2D eigenvalue weighted by Crippen LogP contribution is -2.04. The molecule has 0 radical (unpaired) electrons. The summed E-state index contributed by atoms with van der Waals surface area (Å²) >= 11 is 0. The number of benzene rings is 1. The number of nitrogens with two attached hydrogens (primary N) is 2. The maximum absolute atomic E-state index is 6.16. The highest BCUT2D eigenvalue weighted by Crippen LogP contribution is 2.34. The predicted molar refractivity (Wildman–Crippen MR) is 106 cm³/mol. The van der Waals surface area contributed by atoms with Gasteiger partial charge in [0.1, 0.15) is 5.82 Å². The number of hydrogen-bond donors (Lipinski definition) is 2. The van der Waals surface area contributed by atoms with Crippen LogP contribution in [-0.2, 0) is 0 Å². The van der Waals surface area contributed by atoms with Gasteiger partial charge in [0.25, 0.3) is 0 Å². The quantitative estimate of drug-likeness (QED) is 0.505. The predicted octanol–water partition coefficient (Wildman–Crippen LogP) is 3.17. The molecule has 0 unspecified atom stereocenters. The summed E-state index contributed by atoms with van der Waals surface area (Å²) in [5.74, 6) is 0.812. The van der Waals surface area contributed by atoms with Crippen molar-refractivity contribution in [2.24, 2.45) is 0 Å². The van der Waals surface area contributed by atoms with E-state index in [0.717, 1.165) is 27.7 Å². The Hall–Kier alpha value is -4.00. The van der Waals surface area contributed by atoms with E-state index in [0.29, 0.717) is 23.0 Å². The molecule has 4 N–H and O–H groups in total. The van der Waals surface area contributed by atoms with Crippen LogP contribution in [0.25, 0.3) is 39.1 Å². The summed E-state index contributed by atoms with van der Waals surface area (Å²) in [7, 11) is 0. The van der Waals surface area contributed by atoms with Crippen LogP contribution in [0.15, 0.2) is 67.3 Å². The van der Waals surface area contributed by atoms with E-state index in [-0.39, 0.29) is 0 Å². The Bertz CT molecular complexity index is 1290. The Morgan fingerprint density at radius 3 is 2.59 bits per heavy atom. The number of imidazole rings is 1. The van der Waals surface area contributed by atoms with Gasteiger partial charge in [0.15, 0.2) is 11.5 Å². The molecule has 4 heterocycles. The molecule has 0 saturated carbocycles. The van der Waals surface area contributed by atoms with Gasteiger partial charge in [-0.05, 0) is 30.3 Å². The van der Waals surface area contributed by atoms with Gasteiger partial charge in [-0.3, -0.25) is 9.38 Å². The molecule has 0 bridgehead atoms. The van der Waals surface area contributed by atoms with Crippen molar-refractivity contribution in [1.29, 1.82) is 0 Å². The van der Waals surface area contributed by atoms with Gasteiger partial charge in [-0.2, -0.15) is 0 Å². The maximum atomic E-state index is 6.16. The highest BCUT2D eigenvalue weighted by Gasteiger charge is 2.17. The van der Waals surface area contributed by atoms with Crippen molar-refractivity contribution in [2.75, 3.05) is 11.5 Å². The average molecular weight is 353 g/mol. The normalized spacial score (nSPS) is 11.3. The molecule has 7 nitrogen and oxygen atoms in total. The third-order valence-electron chi connectivity index (χ3n) is 4.50. The fourth-order valence-electron chi connectivity index (χ4n) is 3.26. The van der Waals surface area contributed by atoms with Gasteiger partial charge in [0.2, 0.25) is 0 Å². The van der Waals surface area contributed by atoms with Gasteiger partial charge < -0.3 is 11.5 Å². The van der Waals surface area contributed by atoms with E-state index in [1.54, 1.807) is 24.7 Å². The van der Waals surface area contributed by atoms with E-state index in [1.807, 2.05) is 40.9 Å². The Kier molecular flexibility index (Phi) is 3.26. The first-order chi connectivity index (χ1) is 13.2. The van der Waals surface area contributed by atoms with Crippen molar-refractivity contribution in [2.45, 2.75) is 0 Å². The van der Waals surface area contributed by atoms with Crippen molar-refractivity contribution in [3.63, 3.8) is 0 Å². The van der Waals surface area contributed by atoms with E-state index in [9.17, 15) is 0 Å². The first-order valence-corrected chi connectivity index (χ1v) is 8.40. The Balaban J connectivity index is 1.85. The van der Waals surface area contributed by atoms with Crippen LogP contribution in [0.3, 0.4) is 0 Å². The third kappa shape index (κ3) is 2.44. The van der Waals surface area contributed by atoms with Crippen molar-refractivity contribution in [3.05, 3.63) is 67.3 Å². The zero-order chi connectivity index (χ0) is 18.4. The Morgan fingerprint density at radius 2 is 1.74 bits per heavy atom. The first kappa shape index (κ1) is 15.3. The summed E-state index contributed by atoms with van der Waals surface area (Å²) in [6.45, 7) is 0. The second-order valence-electron chi connectivity index (χ2n) is 6.20. The van der Waals surface area contributed by atoms with Crippen molar-refractivity contribution in [1.82, 2.24) is 24.3 Å². The van der Waals surface area contributed by atoms with Crippen molar-refractivity contribution in [3.8, 4) is 22.5 Å². The van der Waals surface area contributed by atoms with E-state index < -0.39 is 0 Å². The zero-order valence-corrected chi connectivity index (χ0v) is 14.2. The number of nitrogens with zero attached hydrogens (tertiary/aromatic N) is 5. The molecule has 1 aromatic carbocycles. The molecule has 5 rings (SSSR count). The largest absolute Gasteiger partial charge is 0.384 e. The smallest absolute Gasteiger partial charge is 0.180 e. The molecule has 0 amide bonds. The molecule has 5 aromatic rings. The third-order valence-corrected chi connectivity index (χ3v) is 4.50. The van der Waals surface area contributed by atoms with Crippen LogP contribution in [0.2, 0.25) is 0 Å². The van der Waals surface area contributed by atoms with Gasteiger partial charge in [0.05, 0.1) is 16.9 Å². The summed E-state index contributed by atoms with van der Waals surface area (Å²) < 4.78 is 1.95. The molecule has 0 aliphatic heterocycles. The van der Waals surface area contributed by atoms with Crippen molar-refractivity contribution >= 4 is 28.2 Å². The maximum Gasteiger partial charge on any atom is 0.180 e. The van der Waals surface area contributed by atoms with Crippen LogP contribution >= 0.6 is 0 Å². The second kappa shape index (κ2) is 5.77. The average Bonchev–Trinajstić information content (AvgIpc) is 3.18. The molecule has 130 valence electrons. The molecule has 0 saturated heterocycles. The van der Waals surface area contributed by atoms with Crippen LogP contribution in [-0.4, -0.2) is 24.3 Å². The standard InChI is InChI=1S/C20H15N7/c21-16-6-4-14(11-25-16)17-18(27-9-8-24-20(27)19(22)26-17)13-3-5-15-12(10-13)2-1-7-23-15/h1-11H,(H2,21,25)(H2,22,26). The fourth-order valence-corrected chi connectivity index (χ4v) is 3.26. The molecule has 0 spiro atoms. The molecule has 0 aliphatic carbocycles. The number of anilines is 2. The second-order valence-corrected chi connectivity index (χ2v) is 6.20. The van der Waals surface area contributed by atoms with E-state index in [2.05, 4.69) is 26.0 Å². The zero-order valence-electron chi connectivity index (χ0n) is 14.2. The van der Waals surface area contributed by atoms with Crippen LogP contribution in [0.5, 0.6) is 0 Å². The summed E-state index contributed by atoms with van der Waals surface area (Å²) in [5, 5.41) is 1.04. The summed E-state index contributed by atoms with van der Waals surface area (Å²) in [4.78, 5) is 17.6. The lowest BCUT2D eigenvalue weighted by atomic mass is 10.0. The van der Waals surface area contributed by atoms with Crippen LogP contribution < -0.4 is 11.5 Å². The van der Waals surface area contributed by atoms with Crippen molar-refractivity contribution < 1.29 is 0 Å². The molecule has 7 heteroatoms. The summed E-state index contributed by atoms with van der Waals surface area (Å²) in [6.07, 6.45) is 7.08. The number of hydrogen-bond acceptors (Lipinski definition) is 6. The topological polar surface area (TPSA) is 108 Å². The number of nitrogen functional groups attached to an aromatic ring is 2. The van der Waals surface area contributed by atoms with E-state index >= 15 is 0 Å². The molecular weight excluding hydrogens is 338 g/mol. The minimum atomic E-state index is 0.359. The van der Waals surface area contributed by atoms with Gasteiger partial charge >= 0.3 is 0 Å². The van der Waals surface area contributed by atoms with Gasteiger partial charge in [-0.15, -0.1) is 0 Å². The number of aromatic nitrogens is 5. The monoisotopic (exact) mass is 353 g/mol. The van der Waals surface area contributed by atoms with E-state index in [1.165, 1.54) is 0 Å². The number of fused-ring (bicyclic) bond motifs is 2. The number of rotatable bonds is 2. The lowest BCUT2D eigenvalue weighted by molar-refractivity contribution is 1.14. The van der Waals surface area contributed by atoms with Gasteiger partial charge in [-0.25, -0.2) is 15.0 Å². The minimum absolute atomic E-state index is 0.359. The molecule has 27 heavy (non-hydrogen) atoms.